The Morgan fingerprint density at radius 2 is 1.88 bits per heavy atom. The number of ether oxygens (including phenoxy) is 1. The van der Waals surface area contributed by atoms with Gasteiger partial charge in [0.1, 0.15) is 4.99 Å². The Balaban J connectivity index is 2.07. The molecule has 1 aliphatic heterocycles. The molecule has 1 aromatic carbocycles. The minimum atomic E-state index is 0.785. The van der Waals surface area contributed by atoms with Crippen LogP contribution in [0.25, 0.3) is 0 Å². The first-order valence-electron chi connectivity index (χ1n) is 5.77. The molecule has 0 N–H and O–H groups in total. The maximum Gasteiger partial charge on any atom is 0.109 e. The lowest BCUT2D eigenvalue weighted by Crippen LogP contribution is -2.40. The number of hydrogen-bond acceptors (Lipinski definition) is 2. The molecule has 16 heavy (non-hydrogen) atoms. The predicted molar refractivity (Wildman–Crippen MR) is 69.9 cm³/mol. The van der Waals surface area contributed by atoms with Crippen molar-refractivity contribution in [3.05, 3.63) is 35.4 Å². The third-order valence-corrected chi connectivity index (χ3v) is 3.40. The van der Waals surface area contributed by atoms with Crippen molar-refractivity contribution in [2.75, 3.05) is 26.3 Å². The Morgan fingerprint density at radius 3 is 2.44 bits per heavy atom. The molecule has 1 aliphatic rings. The SMILES string of the molecule is CCc1ccc(C(=S)N2CCOCC2)cc1. The van der Waals surface area contributed by atoms with Crippen molar-refractivity contribution in [3.63, 3.8) is 0 Å². The highest BCUT2D eigenvalue weighted by Crippen LogP contribution is 2.10. The van der Waals surface area contributed by atoms with Crippen molar-refractivity contribution in [3.8, 4) is 0 Å². The zero-order valence-electron chi connectivity index (χ0n) is 9.61. The smallest absolute Gasteiger partial charge is 0.109 e. The molecule has 0 unspecified atom stereocenters. The summed E-state index contributed by atoms with van der Waals surface area (Å²) in [4.78, 5) is 3.17. The van der Waals surface area contributed by atoms with Crippen molar-refractivity contribution in [1.82, 2.24) is 4.90 Å². The Kier molecular flexibility index (Phi) is 3.91. The van der Waals surface area contributed by atoms with Gasteiger partial charge in [-0.3, -0.25) is 0 Å². The maximum atomic E-state index is 5.49. The van der Waals surface area contributed by atoms with E-state index in [9.17, 15) is 0 Å². The van der Waals surface area contributed by atoms with Crippen LogP contribution in [0.3, 0.4) is 0 Å². The first-order valence-corrected chi connectivity index (χ1v) is 6.18. The molecule has 0 amide bonds. The summed E-state index contributed by atoms with van der Waals surface area (Å²) < 4.78 is 5.32. The summed E-state index contributed by atoms with van der Waals surface area (Å²) in [7, 11) is 0. The fraction of sp³-hybridized carbons (Fsp3) is 0.462. The van der Waals surface area contributed by atoms with Crippen LogP contribution in [0.15, 0.2) is 24.3 Å². The average molecular weight is 235 g/mol. The summed E-state index contributed by atoms with van der Waals surface area (Å²) in [6.45, 7) is 5.55. The van der Waals surface area contributed by atoms with E-state index in [1.165, 1.54) is 5.56 Å². The average Bonchev–Trinajstić information content (AvgIpc) is 2.39. The van der Waals surface area contributed by atoms with Gasteiger partial charge < -0.3 is 9.64 Å². The quantitative estimate of drug-likeness (QED) is 0.730. The lowest BCUT2D eigenvalue weighted by Gasteiger charge is -2.29. The van der Waals surface area contributed by atoms with Gasteiger partial charge in [0, 0.05) is 18.7 Å². The summed E-state index contributed by atoms with van der Waals surface area (Å²) >= 11 is 5.49. The van der Waals surface area contributed by atoms with Crippen LogP contribution in [0.1, 0.15) is 18.1 Å². The van der Waals surface area contributed by atoms with Gasteiger partial charge in [-0.2, -0.15) is 0 Å². The molecule has 1 heterocycles. The molecule has 0 spiro atoms. The third kappa shape index (κ3) is 2.60. The second kappa shape index (κ2) is 5.41. The summed E-state index contributed by atoms with van der Waals surface area (Å²) in [5.41, 5.74) is 2.50. The van der Waals surface area contributed by atoms with Crippen molar-refractivity contribution in [1.29, 1.82) is 0 Å². The number of nitrogens with zero attached hydrogens (tertiary/aromatic N) is 1. The normalized spacial score (nSPS) is 16.2. The Bertz CT molecular complexity index is 355. The highest BCUT2D eigenvalue weighted by atomic mass is 32.1. The van der Waals surface area contributed by atoms with Crippen molar-refractivity contribution in [2.45, 2.75) is 13.3 Å². The van der Waals surface area contributed by atoms with Crippen molar-refractivity contribution >= 4 is 17.2 Å². The minimum Gasteiger partial charge on any atom is -0.378 e. The molecule has 0 atom stereocenters. The molecule has 3 heteroatoms. The number of aryl methyl sites for hydroxylation is 1. The standard InChI is InChI=1S/C13H17NOS/c1-2-11-3-5-12(6-4-11)13(16)14-7-9-15-10-8-14/h3-6H,2,7-10H2,1H3. The second-order valence-electron chi connectivity index (χ2n) is 3.96. The molecule has 0 aromatic heterocycles. The topological polar surface area (TPSA) is 12.5 Å². The molecular weight excluding hydrogens is 218 g/mol. The van der Waals surface area contributed by atoms with E-state index in [-0.39, 0.29) is 0 Å². The highest BCUT2D eigenvalue weighted by Gasteiger charge is 2.14. The molecule has 1 saturated heterocycles. The molecule has 0 radical (unpaired) electrons. The lowest BCUT2D eigenvalue weighted by atomic mass is 10.1. The van der Waals surface area contributed by atoms with Gasteiger partial charge in [0.05, 0.1) is 13.2 Å². The summed E-state index contributed by atoms with van der Waals surface area (Å²) in [6, 6.07) is 8.55. The van der Waals surface area contributed by atoms with Crippen molar-refractivity contribution in [2.24, 2.45) is 0 Å². The van der Waals surface area contributed by atoms with Crippen molar-refractivity contribution < 1.29 is 4.74 Å². The molecule has 1 fully saturated rings. The van der Waals surface area contributed by atoms with E-state index in [1.54, 1.807) is 0 Å². The first-order chi connectivity index (χ1) is 7.81. The fourth-order valence-corrected chi connectivity index (χ4v) is 2.15. The first kappa shape index (κ1) is 11.6. The Morgan fingerprint density at radius 1 is 1.25 bits per heavy atom. The lowest BCUT2D eigenvalue weighted by molar-refractivity contribution is 0.0693. The van der Waals surface area contributed by atoms with Gasteiger partial charge in [0.25, 0.3) is 0 Å². The number of morpholine rings is 1. The van der Waals surface area contributed by atoms with Gasteiger partial charge in [0.15, 0.2) is 0 Å². The molecule has 0 aliphatic carbocycles. The van der Waals surface area contributed by atoms with E-state index in [4.69, 9.17) is 17.0 Å². The largest absolute Gasteiger partial charge is 0.378 e. The van der Waals surface area contributed by atoms with E-state index in [1.807, 2.05) is 0 Å². The molecule has 86 valence electrons. The molecule has 0 saturated carbocycles. The highest BCUT2D eigenvalue weighted by molar-refractivity contribution is 7.80. The third-order valence-electron chi connectivity index (χ3n) is 2.91. The Hall–Kier alpha value is -0.930. The summed E-state index contributed by atoms with van der Waals surface area (Å²) in [5.74, 6) is 0. The van der Waals surface area contributed by atoms with Crippen LogP contribution in [0.5, 0.6) is 0 Å². The zero-order chi connectivity index (χ0) is 11.4. The number of benzene rings is 1. The van der Waals surface area contributed by atoms with Crippen LogP contribution in [0.2, 0.25) is 0 Å². The predicted octanol–water partition coefficient (Wildman–Crippen LogP) is 2.26. The van der Waals surface area contributed by atoms with Gasteiger partial charge in [-0.05, 0) is 12.0 Å². The van der Waals surface area contributed by atoms with Gasteiger partial charge in [0.2, 0.25) is 0 Å². The number of rotatable bonds is 2. The van der Waals surface area contributed by atoms with Gasteiger partial charge in [-0.1, -0.05) is 43.4 Å². The van der Waals surface area contributed by atoms with Crippen LogP contribution >= 0.6 is 12.2 Å². The molecule has 2 nitrogen and oxygen atoms in total. The second-order valence-corrected chi connectivity index (χ2v) is 4.34. The van der Waals surface area contributed by atoms with Crippen LogP contribution in [-0.2, 0) is 11.2 Å². The van der Waals surface area contributed by atoms with E-state index in [2.05, 4.69) is 36.1 Å². The van der Waals surface area contributed by atoms with Crippen LogP contribution in [-0.4, -0.2) is 36.2 Å². The van der Waals surface area contributed by atoms with Crippen LogP contribution < -0.4 is 0 Å². The van der Waals surface area contributed by atoms with Crippen LogP contribution in [0.4, 0.5) is 0 Å². The van der Waals surface area contributed by atoms with E-state index in [0.717, 1.165) is 43.3 Å². The van der Waals surface area contributed by atoms with E-state index >= 15 is 0 Å². The zero-order valence-corrected chi connectivity index (χ0v) is 10.4. The van der Waals surface area contributed by atoms with Gasteiger partial charge in [-0.15, -0.1) is 0 Å². The van der Waals surface area contributed by atoms with E-state index < -0.39 is 0 Å². The molecule has 0 bridgehead atoms. The van der Waals surface area contributed by atoms with Gasteiger partial charge >= 0.3 is 0 Å². The van der Waals surface area contributed by atoms with E-state index in [0.29, 0.717) is 0 Å². The summed E-state index contributed by atoms with van der Waals surface area (Å²) in [6.07, 6.45) is 1.07. The Labute approximate surface area is 102 Å². The monoisotopic (exact) mass is 235 g/mol. The number of hydrogen-bond donors (Lipinski definition) is 0. The molecule has 2 rings (SSSR count). The maximum absolute atomic E-state index is 5.49. The summed E-state index contributed by atoms with van der Waals surface area (Å²) in [5, 5.41) is 0. The van der Waals surface area contributed by atoms with Gasteiger partial charge in [-0.25, -0.2) is 0 Å². The minimum absolute atomic E-state index is 0.785. The van der Waals surface area contributed by atoms with Crippen LogP contribution in [0, 0.1) is 0 Å². The molecule has 1 aromatic rings. The molecular formula is C13H17NOS. The number of thiocarbonyl (C=S) groups is 1. The fourth-order valence-electron chi connectivity index (χ4n) is 1.83.